The number of sulfone groups is 1. The largest absolute Gasteiger partial charge is 0.348 e. The molecule has 0 spiro atoms. The molecule has 0 fully saturated rings. The van der Waals surface area contributed by atoms with Crippen molar-refractivity contribution < 1.29 is 18.1 Å². The number of nitrogens with one attached hydrogen (secondary N) is 1. The van der Waals surface area contributed by atoms with Crippen molar-refractivity contribution in [3.05, 3.63) is 68.7 Å². The van der Waals surface area contributed by atoms with Gasteiger partial charge in [0.1, 0.15) is 4.90 Å². The number of amides is 1. The average molecular weight is 369 g/mol. The minimum atomic E-state index is -3.77. The summed E-state index contributed by atoms with van der Waals surface area (Å²) in [5.74, 6) is -0.548. The Labute approximate surface area is 143 Å². The molecule has 0 heterocycles. The lowest BCUT2D eigenvalue weighted by atomic mass is 10.1. The maximum atomic E-state index is 12.1. The number of hydrogen-bond donors (Lipinski definition) is 1. The van der Waals surface area contributed by atoms with E-state index in [4.69, 9.17) is 11.6 Å². The van der Waals surface area contributed by atoms with Crippen LogP contribution in [0.2, 0.25) is 5.02 Å². The third-order valence-electron chi connectivity index (χ3n) is 3.18. The van der Waals surface area contributed by atoms with Crippen LogP contribution in [0.3, 0.4) is 0 Å². The summed E-state index contributed by atoms with van der Waals surface area (Å²) in [4.78, 5) is 21.9. The third-order valence-corrected chi connectivity index (χ3v) is 4.58. The molecule has 0 aromatic heterocycles. The molecule has 0 unspecified atom stereocenters. The first kappa shape index (κ1) is 17.9. The predicted octanol–water partition coefficient (Wildman–Crippen LogP) is 2.58. The van der Waals surface area contributed by atoms with Crippen LogP contribution in [0.1, 0.15) is 15.9 Å². The van der Waals surface area contributed by atoms with Crippen LogP contribution in [0.5, 0.6) is 0 Å². The predicted molar refractivity (Wildman–Crippen MR) is 88.8 cm³/mol. The van der Waals surface area contributed by atoms with Gasteiger partial charge in [0.2, 0.25) is 0 Å². The molecule has 7 nitrogen and oxygen atoms in total. The van der Waals surface area contributed by atoms with Gasteiger partial charge in [-0.1, -0.05) is 23.7 Å². The van der Waals surface area contributed by atoms with Crippen molar-refractivity contribution in [3.8, 4) is 0 Å². The van der Waals surface area contributed by atoms with Gasteiger partial charge < -0.3 is 5.32 Å². The summed E-state index contributed by atoms with van der Waals surface area (Å²) in [6, 6.07) is 10.1. The second kappa shape index (κ2) is 6.98. The lowest BCUT2D eigenvalue weighted by molar-refractivity contribution is -0.387. The molecule has 0 atom stereocenters. The number of nitro benzene ring substituents is 1. The maximum Gasteiger partial charge on any atom is 0.288 e. The van der Waals surface area contributed by atoms with Gasteiger partial charge in [-0.05, 0) is 29.8 Å². The molecule has 9 heteroatoms. The van der Waals surface area contributed by atoms with Gasteiger partial charge in [0, 0.05) is 29.5 Å². The van der Waals surface area contributed by atoms with Crippen molar-refractivity contribution in [1.82, 2.24) is 5.32 Å². The molecule has 126 valence electrons. The first-order valence-electron chi connectivity index (χ1n) is 6.69. The van der Waals surface area contributed by atoms with Crippen molar-refractivity contribution in [2.45, 2.75) is 11.4 Å². The Bertz CT molecular complexity index is 895. The maximum absolute atomic E-state index is 12.1. The first-order valence-corrected chi connectivity index (χ1v) is 8.96. The second-order valence-electron chi connectivity index (χ2n) is 5.02. The Balaban J connectivity index is 2.22. The fourth-order valence-corrected chi connectivity index (χ4v) is 2.96. The molecule has 0 aliphatic rings. The molecule has 0 saturated heterocycles. The molecule has 0 aliphatic heterocycles. The lowest BCUT2D eigenvalue weighted by Crippen LogP contribution is -2.23. The Hall–Kier alpha value is -2.45. The smallest absolute Gasteiger partial charge is 0.288 e. The van der Waals surface area contributed by atoms with E-state index in [0.29, 0.717) is 5.02 Å². The van der Waals surface area contributed by atoms with Crippen LogP contribution in [0, 0.1) is 10.1 Å². The summed E-state index contributed by atoms with van der Waals surface area (Å²) >= 11 is 5.77. The summed E-state index contributed by atoms with van der Waals surface area (Å²) in [7, 11) is -3.77. The van der Waals surface area contributed by atoms with Crippen molar-refractivity contribution in [1.29, 1.82) is 0 Å². The molecule has 0 bridgehead atoms. The Morgan fingerprint density at radius 3 is 2.38 bits per heavy atom. The second-order valence-corrected chi connectivity index (χ2v) is 7.44. The average Bonchev–Trinajstić information content (AvgIpc) is 2.52. The minimum absolute atomic E-state index is 0.00284. The van der Waals surface area contributed by atoms with E-state index in [1.807, 2.05) is 0 Å². The molecule has 0 saturated carbocycles. The van der Waals surface area contributed by atoms with Gasteiger partial charge in [-0.25, -0.2) is 8.42 Å². The van der Waals surface area contributed by atoms with Gasteiger partial charge in [0.15, 0.2) is 9.84 Å². The molecule has 2 aromatic carbocycles. The fraction of sp³-hybridized carbons (Fsp3) is 0.133. The summed E-state index contributed by atoms with van der Waals surface area (Å²) in [6.07, 6.45) is 0.871. The molecule has 2 rings (SSSR count). The van der Waals surface area contributed by atoms with E-state index in [-0.39, 0.29) is 12.1 Å². The molecular weight excluding hydrogens is 356 g/mol. The quantitative estimate of drug-likeness (QED) is 0.644. The number of carbonyl (C=O) groups excluding carboxylic acids is 1. The Morgan fingerprint density at radius 1 is 1.21 bits per heavy atom. The number of nitro groups is 1. The summed E-state index contributed by atoms with van der Waals surface area (Å²) in [6.45, 7) is 0.206. The van der Waals surface area contributed by atoms with Gasteiger partial charge in [0.05, 0.1) is 4.92 Å². The van der Waals surface area contributed by atoms with E-state index in [0.717, 1.165) is 24.0 Å². The van der Waals surface area contributed by atoms with E-state index in [1.165, 1.54) is 6.07 Å². The molecule has 24 heavy (non-hydrogen) atoms. The van der Waals surface area contributed by atoms with Crippen LogP contribution in [-0.2, 0) is 16.4 Å². The summed E-state index contributed by atoms with van der Waals surface area (Å²) in [5.41, 5.74) is 0.176. The van der Waals surface area contributed by atoms with Gasteiger partial charge >= 0.3 is 0 Å². The molecule has 0 aliphatic carbocycles. The fourth-order valence-electron chi connectivity index (χ4n) is 2.00. The molecular formula is C15H13ClN2O5S. The third kappa shape index (κ3) is 4.30. The van der Waals surface area contributed by atoms with E-state index in [2.05, 4.69) is 5.32 Å². The van der Waals surface area contributed by atoms with Crippen molar-refractivity contribution in [3.63, 3.8) is 0 Å². The standard InChI is InChI=1S/C15H13ClN2O5S/c1-24(22,23)14-7-4-11(8-13(14)18(20)21)15(19)17-9-10-2-5-12(16)6-3-10/h2-8H,9H2,1H3,(H,17,19). The highest BCUT2D eigenvalue weighted by Gasteiger charge is 2.23. The normalized spacial score (nSPS) is 11.1. The van der Waals surface area contributed by atoms with Crippen LogP contribution in [0.4, 0.5) is 5.69 Å². The van der Waals surface area contributed by atoms with Crippen LogP contribution >= 0.6 is 11.6 Å². The zero-order valence-corrected chi connectivity index (χ0v) is 14.1. The number of halogens is 1. The highest BCUT2D eigenvalue weighted by atomic mass is 35.5. The highest BCUT2D eigenvalue weighted by molar-refractivity contribution is 7.90. The zero-order valence-electron chi connectivity index (χ0n) is 12.5. The van der Waals surface area contributed by atoms with Gasteiger partial charge in [-0.3, -0.25) is 14.9 Å². The van der Waals surface area contributed by atoms with Crippen molar-refractivity contribution in [2.75, 3.05) is 6.26 Å². The molecule has 0 radical (unpaired) electrons. The van der Waals surface area contributed by atoms with Crippen LogP contribution < -0.4 is 5.32 Å². The number of rotatable bonds is 5. The topological polar surface area (TPSA) is 106 Å². The summed E-state index contributed by atoms with van der Waals surface area (Å²) < 4.78 is 23.1. The highest BCUT2D eigenvalue weighted by Crippen LogP contribution is 2.25. The molecule has 1 amide bonds. The molecule has 2 aromatic rings. The van der Waals surface area contributed by atoms with Crippen molar-refractivity contribution >= 4 is 33.0 Å². The Morgan fingerprint density at radius 2 is 1.83 bits per heavy atom. The molecule has 1 N–H and O–H groups in total. The number of nitrogens with zero attached hydrogens (tertiary/aromatic N) is 1. The van der Waals surface area contributed by atoms with Gasteiger partial charge in [0.25, 0.3) is 11.6 Å². The summed E-state index contributed by atoms with van der Waals surface area (Å²) in [5, 5.41) is 14.2. The van der Waals surface area contributed by atoms with Gasteiger partial charge in [-0.15, -0.1) is 0 Å². The monoisotopic (exact) mass is 368 g/mol. The van der Waals surface area contributed by atoms with Crippen LogP contribution in [-0.4, -0.2) is 25.5 Å². The first-order chi connectivity index (χ1) is 11.2. The van der Waals surface area contributed by atoms with Crippen LogP contribution in [0.25, 0.3) is 0 Å². The minimum Gasteiger partial charge on any atom is -0.348 e. The number of benzene rings is 2. The number of carbonyl (C=O) groups is 1. The SMILES string of the molecule is CS(=O)(=O)c1ccc(C(=O)NCc2ccc(Cl)cc2)cc1[N+](=O)[O-]. The number of hydrogen-bond acceptors (Lipinski definition) is 5. The Kier molecular flexibility index (Phi) is 5.20. The van der Waals surface area contributed by atoms with E-state index >= 15 is 0 Å². The lowest BCUT2D eigenvalue weighted by Gasteiger charge is -2.07. The zero-order chi connectivity index (χ0) is 17.9. The van der Waals surface area contributed by atoms with E-state index < -0.39 is 31.3 Å². The van der Waals surface area contributed by atoms with Crippen molar-refractivity contribution in [2.24, 2.45) is 0 Å². The van der Waals surface area contributed by atoms with E-state index in [1.54, 1.807) is 24.3 Å². The van der Waals surface area contributed by atoms with E-state index in [9.17, 15) is 23.3 Å². The van der Waals surface area contributed by atoms with Gasteiger partial charge in [-0.2, -0.15) is 0 Å². The van der Waals surface area contributed by atoms with Crippen LogP contribution in [0.15, 0.2) is 47.4 Å².